The third kappa shape index (κ3) is 4.29. The lowest BCUT2D eigenvalue weighted by molar-refractivity contribution is -0.127. The molecule has 0 unspecified atom stereocenters. The van der Waals surface area contributed by atoms with Gasteiger partial charge in [-0.3, -0.25) is 9.36 Å². The molecule has 0 saturated carbocycles. The van der Waals surface area contributed by atoms with Gasteiger partial charge in [-0.05, 0) is 43.0 Å². The standard InChI is InChI=1S/C18H20N4OS2/c1-13-4-6-15(7-5-13)22-12-19-20-18(22)25-11-17(23)21(3)10-16-14(2)8-9-24-16/h4-9,12H,10-11H2,1-3H3. The van der Waals surface area contributed by atoms with E-state index >= 15 is 0 Å². The van der Waals surface area contributed by atoms with Crippen molar-refractivity contribution in [1.82, 2.24) is 19.7 Å². The van der Waals surface area contributed by atoms with Crippen molar-refractivity contribution < 1.29 is 4.79 Å². The number of thioether (sulfide) groups is 1. The van der Waals surface area contributed by atoms with Gasteiger partial charge in [0.2, 0.25) is 5.91 Å². The fourth-order valence-electron chi connectivity index (χ4n) is 2.31. The first-order chi connectivity index (χ1) is 12.0. The molecule has 3 aromatic rings. The van der Waals surface area contributed by atoms with Gasteiger partial charge in [0.25, 0.3) is 0 Å². The molecule has 3 rings (SSSR count). The Bertz CT molecular complexity index is 854. The van der Waals surface area contributed by atoms with E-state index in [-0.39, 0.29) is 5.91 Å². The summed E-state index contributed by atoms with van der Waals surface area (Å²) in [6, 6.07) is 10.2. The largest absolute Gasteiger partial charge is 0.340 e. The molecule has 1 amide bonds. The molecule has 0 bridgehead atoms. The second-order valence-corrected chi connectivity index (χ2v) is 7.83. The fourth-order valence-corrected chi connectivity index (χ4v) is 4.14. The van der Waals surface area contributed by atoms with Crippen LogP contribution in [-0.2, 0) is 11.3 Å². The van der Waals surface area contributed by atoms with Crippen molar-refractivity contribution >= 4 is 29.0 Å². The van der Waals surface area contributed by atoms with Crippen molar-refractivity contribution in [3.05, 3.63) is 58.0 Å². The van der Waals surface area contributed by atoms with Crippen LogP contribution in [0.25, 0.3) is 5.69 Å². The topological polar surface area (TPSA) is 51.0 Å². The van der Waals surface area contributed by atoms with E-state index in [9.17, 15) is 4.79 Å². The highest BCUT2D eigenvalue weighted by Gasteiger charge is 2.14. The number of carbonyl (C=O) groups is 1. The smallest absolute Gasteiger partial charge is 0.233 e. The molecule has 0 aliphatic rings. The van der Waals surface area contributed by atoms with Crippen molar-refractivity contribution in [2.45, 2.75) is 25.5 Å². The molecule has 0 aliphatic heterocycles. The van der Waals surface area contributed by atoms with Gasteiger partial charge in [0.1, 0.15) is 6.33 Å². The fraction of sp³-hybridized carbons (Fsp3) is 0.278. The molecule has 0 fully saturated rings. The van der Waals surface area contributed by atoms with Crippen molar-refractivity contribution in [1.29, 1.82) is 0 Å². The summed E-state index contributed by atoms with van der Waals surface area (Å²) in [4.78, 5) is 15.4. The number of nitrogens with zero attached hydrogens (tertiary/aromatic N) is 4. The van der Waals surface area contributed by atoms with E-state index in [2.05, 4.69) is 35.5 Å². The average molecular weight is 373 g/mol. The molecule has 5 nitrogen and oxygen atoms in total. The summed E-state index contributed by atoms with van der Waals surface area (Å²) >= 11 is 3.09. The first-order valence-corrected chi connectivity index (χ1v) is 9.78. The third-order valence-corrected chi connectivity index (χ3v) is 5.86. The van der Waals surface area contributed by atoms with Gasteiger partial charge in [0, 0.05) is 17.6 Å². The number of thiophene rings is 1. The van der Waals surface area contributed by atoms with Gasteiger partial charge < -0.3 is 4.90 Å². The molecule has 0 radical (unpaired) electrons. The Hall–Kier alpha value is -2.12. The Labute approximate surface area is 155 Å². The molecule has 25 heavy (non-hydrogen) atoms. The van der Waals surface area contributed by atoms with Gasteiger partial charge >= 0.3 is 0 Å². The molecule has 0 saturated heterocycles. The van der Waals surface area contributed by atoms with E-state index in [1.54, 1.807) is 22.6 Å². The molecule has 130 valence electrons. The predicted octanol–water partition coefficient (Wildman–Crippen LogP) is 3.70. The zero-order valence-corrected chi connectivity index (χ0v) is 16.1. The normalized spacial score (nSPS) is 10.8. The van der Waals surface area contributed by atoms with Gasteiger partial charge in [-0.25, -0.2) is 0 Å². The van der Waals surface area contributed by atoms with Crippen molar-refractivity contribution in [2.24, 2.45) is 0 Å². The summed E-state index contributed by atoms with van der Waals surface area (Å²) in [5.41, 5.74) is 3.43. The van der Waals surface area contributed by atoms with Crippen LogP contribution in [0.1, 0.15) is 16.0 Å². The van der Waals surface area contributed by atoms with Crippen LogP contribution < -0.4 is 0 Å². The van der Waals surface area contributed by atoms with Crippen LogP contribution in [0.2, 0.25) is 0 Å². The van der Waals surface area contributed by atoms with Gasteiger partial charge in [-0.1, -0.05) is 29.5 Å². The minimum atomic E-state index is 0.0799. The minimum Gasteiger partial charge on any atom is -0.340 e. The van der Waals surface area contributed by atoms with Crippen LogP contribution in [-0.4, -0.2) is 38.4 Å². The predicted molar refractivity (Wildman–Crippen MR) is 102 cm³/mol. The number of benzene rings is 1. The number of rotatable bonds is 6. The molecule has 0 aliphatic carbocycles. The summed E-state index contributed by atoms with van der Waals surface area (Å²) in [6.45, 7) is 4.77. The Morgan fingerprint density at radius 1 is 1.24 bits per heavy atom. The minimum absolute atomic E-state index is 0.0799. The summed E-state index contributed by atoms with van der Waals surface area (Å²) in [7, 11) is 1.84. The highest BCUT2D eigenvalue weighted by atomic mass is 32.2. The number of aryl methyl sites for hydroxylation is 2. The van der Waals surface area contributed by atoms with Gasteiger partial charge in [-0.2, -0.15) is 0 Å². The molecular formula is C18H20N4OS2. The maximum Gasteiger partial charge on any atom is 0.233 e. The highest BCUT2D eigenvalue weighted by Crippen LogP contribution is 2.21. The third-order valence-electron chi connectivity index (χ3n) is 3.93. The van der Waals surface area contributed by atoms with Crippen LogP contribution in [0.3, 0.4) is 0 Å². The van der Waals surface area contributed by atoms with Gasteiger partial charge in [-0.15, -0.1) is 21.5 Å². The number of amides is 1. The Morgan fingerprint density at radius 3 is 2.68 bits per heavy atom. The van der Waals surface area contributed by atoms with E-state index in [0.29, 0.717) is 12.3 Å². The van der Waals surface area contributed by atoms with Gasteiger partial charge in [0.15, 0.2) is 5.16 Å². The SMILES string of the molecule is Cc1ccc(-n2cnnc2SCC(=O)N(C)Cc2sccc2C)cc1. The summed E-state index contributed by atoms with van der Waals surface area (Å²) < 4.78 is 1.90. The number of aromatic nitrogens is 3. The lowest BCUT2D eigenvalue weighted by atomic mass is 10.2. The Kier molecular flexibility index (Phi) is 5.55. The lowest BCUT2D eigenvalue weighted by Crippen LogP contribution is -2.27. The average Bonchev–Trinajstić information content (AvgIpc) is 3.23. The van der Waals surface area contributed by atoms with Crippen LogP contribution >= 0.6 is 23.1 Å². The summed E-state index contributed by atoms with van der Waals surface area (Å²) in [6.07, 6.45) is 1.68. The van der Waals surface area contributed by atoms with Crippen LogP contribution in [0.5, 0.6) is 0 Å². The molecule has 1 aromatic carbocycles. The molecule has 7 heteroatoms. The second kappa shape index (κ2) is 7.84. The highest BCUT2D eigenvalue weighted by molar-refractivity contribution is 7.99. The van der Waals surface area contributed by atoms with E-state index in [0.717, 1.165) is 10.8 Å². The quantitative estimate of drug-likeness (QED) is 0.619. The number of hydrogen-bond donors (Lipinski definition) is 0. The van der Waals surface area contributed by atoms with Crippen molar-refractivity contribution in [2.75, 3.05) is 12.8 Å². The number of carbonyl (C=O) groups excluding carboxylic acids is 1. The lowest BCUT2D eigenvalue weighted by Gasteiger charge is -2.16. The van der Waals surface area contributed by atoms with E-state index in [1.807, 2.05) is 35.9 Å². The Morgan fingerprint density at radius 2 is 2.00 bits per heavy atom. The molecule has 0 spiro atoms. The van der Waals surface area contributed by atoms with Crippen molar-refractivity contribution in [3.63, 3.8) is 0 Å². The Balaban J connectivity index is 1.62. The van der Waals surface area contributed by atoms with E-state index in [4.69, 9.17) is 0 Å². The maximum atomic E-state index is 12.4. The van der Waals surface area contributed by atoms with Crippen LogP contribution in [0.4, 0.5) is 0 Å². The first kappa shape index (κ1) is 17.7. The van der Waals surface area contributed by atoms with Crippen LogP contribution in [0.15, 0.2) is 47.2 Å². The van der Waals surface area contributed by atoms with Crippen LogP contribution in [0, 0.1) is 13.8 Å². The molecule has 0 atom stereocenters. The van der Waals surface area contributed by atoms with E-state index in [1.165, 1.54) is 27.8 Å². The van der Waals surface area contributed by atoms with E-state index < -0.39 is 0 Å². The number of hydrogen-bond acceptors (Lipinski definition) is 5. The summed E-state index contributed by atoms with van der Waals surface area (Å²) in [5, 5.41) is 10.9. The first-order valence-electron chi connectivity index (χ1n) is 7.91. The zero-order chi connectivity index (χ0) is 17.8. The molecule has 2 aromatic heterocycles. The molecular weight excluding hydrogens is 352 g/mol. The molecule has 2 heterocycles. The van der Waals surface area contributed by atoms with Gasteiger partial charge in [0.05, 0.1) is 12.3 Å². The zero-order valence-electron chi connectivity index (χ0n) is 14.5. The summed E-state index contributed by atoms with van der Waals surface area (Å²) in [5.74, 6) is 0.419. The molecule has 0 N–H and O–H groups in total. The maximum absolute atomic E-state index is 12.4. The second-order valence-electron chi connectivity index (χ2n) is 5.88. The van der Waals surface area contributed by atoms with Crippen molar-refractivity contribution in [3.8, 4) is 5.69 Å². The monoisotopic (exact) mass is 372 g/mol.